The molecule has 1 fully saturated rings. The molecule has 0 unspecified atom stereocenters. The van der Waals surface area contributed by atoms with E-state index in [2.05, 4.69) is 16.4 Å². The standard InChI is InChI=1S/C10H14N2O.2ClH/c1-11-9-4-6-13-10(9)8-3-2-5-12-7-8;;/h2-3,5,7,9-11H,4,6H2,1H3;2*1H/t9-,10+;;/m0../s1. The van der Waals surface area contributed by atoms with Crippen LogP contribution in [0, 0.1) is 0 Å². The fraction of sp³-hybridized carbons (Fsp3) is 0.500. The molecule has 15 heavy (non-hydrogen) atoms. The highest BCUT2D eigenvalue weighted by Gasteiger charge is 2.27. The summed E-state index contributed by atoms with van der Waals surface area (Å²) in [7, 11) is 1.97. The molecule has 2 atom stereocenters. The van der Waals surface area contributed by atoms with Crippen molar-refractivity contribution in [3.63, 3.8) is 0 Å². The average Bonchev–Trinajstić information content (AvgIpc) is 2.67. The molecule has 1 aliphatic rings. The van der Waals surface area contributed by atoms with Crippen molar-refractivity contribution in [2.75, 3.05) is 13.7 Å². The van der Waals surface area contributed by atoms with Crippen molar-refractivity contribution >= 4 is 24.8 Å². The van der Waals surface area contributed by atoms with E-state index in [4.69, 9.17) is 4.74 Å². The number of hydrogen-bond donors (Lipinski definition) is 1. The molecule has 0 bridgehead atoms. The molecular weight excluding hydrogens is 235 g/mol. The lowest BCUT2D eigenvalue weighted by molar-refractivity contribution is 0.0999. The number of hydrogen-bond acceptors (Lipinski definition) is 3. The van der Waals surface area contributed by atoms with Gasteiger partial charge in [-0.1, -0.05) is 6.07 Å². The molecule has 3 nitrogen and oxygen atoms in total. The molecule has 1 N–H and O–H groups in total. The van der Waals surface area contributed by atoms with Gasteiger partial charge in [0.2, 0.25) is 0 Å². The van der Waals surface area contributed by atoms with E-state index < -0.39 is 0 Å². The van der Waals surface area contributed by atoms with E-state index in [1.54, 1.807) is 6.20 Å². The molecule has 1 aliphatic heterocycles. The van der Waals surface area contributed by atoms with Gasteiger partial charge >= 0.3 is 0 Å². The van der Waals surface area contributed by atoms with Crippen LogP contribution in [0.15, 0.2) is 24.5 Å². The summed E-state index contributed by atoms with van der Waals surface area (Å²) >= 11 is 0. The lowest BCUT2D eigenvalue weighted by Gasteiger charge is -2.17. The Labute approximate surface area is 102 Å². The second-order valence-corrected chi connectivity index (χ2v) is 3.26. The van der Waals surface area contributed by atoms with Crippen molar-refractivity contribution in [1.29, 1.82) is 0 Å². The number of nitrogens with zero attached hydrogens (tertiary/aromatic N) is 1. The topological polar surface area (TPSA) is 34.1 Å². The van der Waals surface area contributed by atoms with Crippen molar-refractivity contribution in [2.24, 2.45) is 0 Å². The summed E-state index contributed by atoms with van der Waals surface area (Å²) in [5.74, 6) is 0. The van der Waals surface area contributed by atoms with Crippen molar-refractivity contribution in [3.8, 4) is 0 Å². The van der Waals surface area contributed by atoms with E-state index in [1.807, 2.05) is 19.3 Å². The molecule has 0 aliphatic carbocycles. The minimum absolute atomic E-state index is 0. The quantitative estimate of drug-likeness (QED) is 0.872. The first-order chi connectivity index (χ1) is 6.42. The largest absolute Gasteiger partial charge is 0.372 e. The monoisotopic (exact) mass is 250 g/mol. The van der Waals surface area contributed by atoms with Crippen molar-refractivity contribution in [3.05, 3.63) is 30.1 Å². The highest BCUT2D eigenvalue weighted by molar-refractivity contribution is 5.85. The Bertz CT molecular complexity index is 271. The molecule has 1 aromatic rings. The van der Waals surface area contributed by atoms with Crippen LogP contribution in [-0.4, -0.2) is 24.7 Å². The van der Waals surface area contributed by atoms with E-state index >= 15 is 0 Å². The normalized spacial score (nSPS) is 24.1. The maximum atomic E-state index is 5.64. The summed E-state index contributed by atoms with van der Waals surface area (Å²) in [4.78, 5) is 4.09. The first-order valence-corrected chi connectivity index (χ1v) is 4.60. The second kappa shape index (κ2) is 7.01. The number of rotatable bonds is 2. The average molecular weight is 251 g/mol. The fourth-order valence-corrected chi connectivity index (χ4v) is 1.76. The molecule has 2 rings (SSSR count). The van der Waals surface area contributed by atoms with Gasteiger partial charge in [0.1, 0.15) is 0 Å². The zero-order valence-electron chi connectivity index (χ0n) is 8.55. The third-order valence-electron chi connectivity index (χ3n) is 2.48. The number of aromatic nitrogens is 1. The SMILES string of the molecule is CN[C@H]1CCO[C@@H]1c1cccnc1.Cl.Cl. The minimum atomic E-state index is 0. The summed E-state index contributed by atoms with van der Waals surface area (Å²) in [6.45, 7) is 0.838. The summed E-state index contributed by atoms with van der Waals surface area (Å²) in [5.41, 5.74) is 1.17. The predicted octanol–water partition coefficient (Wildman–Crippen LogP) is 1.97. The molecule has 5 heteroatoms. The Morgan fingerprint density at radius 1 is 1.47 bits per heavy atom. The number of halogens is 2. The smallest absolute Gasteiger partial charge is 0.0993 e. The van der Waals surface area contributed by atoms with Crippen LogP contribution in [0.25, 0.3) is 0 Å². The number of likely N-dealkylation sites (N-methyl/N-ethyl adjacent to an activating group) is 1. The summed E-state index contributed by atoms with van der Waals surface area (Å²) in [6.07, 6.45) is 4.92. The van der Waals surface area contributed by atoms with Crippen LogP contribution < -0.4 is 5.32 Å². The van der Waals surface area contributed by atoms with Gasteiger partial charge in [0.15, 0.2) is 0 Å². The molecular formula is C10H16Cl2N2O. The number of pyridine rings is 1. The number of nitrogens with one attached hydrogen (secondary N) is 1. The molecule has 1 aromatic heterocycles. The molecule has 86 valence electrons. The highest BCUT2D eigenvalue weighted by Crippen LogP contribution is 2.27. The van der Waals surface area contributed by atoms with Crippen LogP contribution in [0.4, 0.5) is 0 Å². The molecule has 0 saturated carbocycles. The lowest BCUT2D eigenvalue weighted by Crippen LogP contribution is -2.28. The Morgan fingerprint density at radius 3 is 2.87 bits per heavy atom. The summed E-state index contributed by atoms with van der Waals surface area (Å²) in [5, 5.41) is 3.26. The molecule has 2 heterocycles. The van der Waals surface area contributed by atoms with E-state index in [-0.39, 0.29) is 30.9 Å². The minimum Gasteiger partial charge on any atom is -0.372 e. The molecule has 0 amide bonds. The zero-order chi connectivity index (χ0) is 9.10. The van der Waals surface area contributed by atoms with Crippen LogP contribution in [0.1, 0.15) is 18.1 Å². The van der Waals surface area contributed by atoms with Gasteiger partial charge in [0.25, 0.3) is 0 Å². The molecule has 0 aromatic carbocycles. The summed E-state index contributed by atoms with van der Waals surface area (Å²) in [6, 6.07) is 4.45. The highest BCUT2D eigenvalue weighted by atomic mass is 35.5. The maximum Gasteiger partial charge on any atom is 0.0993 e. The van der Waals surface area contributed by atoms with Gasteiger partial charge in [0.05, 0.1) is 6.10 Å². The zero-order valence-corrected chi connectivity index (χ0v) is 10.2. The van der Waals surface area contributed by atoms with Crippen LogP contribution in [0.2, 0.25) is 0 Å². The van der Waals surface area contributed by atoms with Crippen LogP contribution in [0.3, 0.4) is 0 Å². The van der Waals surface area contributed by atoms with Crippen molar-refractivity contribution in [2.45, 2.75) is 18.6 Å². The van der Waals surface area contributed by atoms with Gasteiger partial charge in [0, 0.05) is 30.6 Å². The van der Waals surface area contributed by atoms with Gasteiger partial charge in [-0.05, 0) is 19.5 Å². The molecule has 0 spiro atoms. The van der Waals surface area contributed by atoms with Crippen molar-refractivity contribution < 1.29 is 4.74 Å². The molecule has 0 radical (unpaired) electrons. The first kappa shape index (κ1) is 14.6. The third-order valence-corrected chi connectivity index (χ3v) is 2.48. The van der Waals surface area contributed by atoms with Crippen LogP contribution >= 0.6 is 24.8 Å². The summed E-state index contributed by atoms with van der Waals surface area (Å²) < 4.78 is 5.64. The Morgan fingerprint density at radius 2 is 2.27 bits per heavy atom. The van der Waals surface area contributed by atoms with Gasteiger partial charge in [-0.2, -0.15) is 0 Å². The number of ether oxygens (including phenoxy) is 1. The first-order valence-electron chi connectivity index (χ1n) is 4.60. The van der Waals surface area contributed by atoms with Crippen LogP contribution in [0.5, 0.6) is 0 Å². The van der Waals surface area contributed by atoms with Gasteiger partial charge in [-0.3, -0.25) is 4.98 Å². The van der Waals surface area contributed by atoms with Gasteiger partial charge in [-0.15, -0.1) is 24.8 Å². The van der Waals surface area contributed by atoms with E-state index in [0.29, 0.717) is 6.04 Å². The van der Waals surface area contributed by atoms with Crippen molar-refractivity contribution in [1.82, 2.24) is 10.3 Å². The lowest BCUT2D eigenvalue weighted by atomic mass is 10.0. The fourth-order valence-electron chi connectivity index (χ4n) is 1.76. The second-order valence-electron chi connectivity index (χ2n) is 3.26. The Hall–Kier alpha value is -0.350. The molecule has 1 saturated heterocycles. The van der Waals surface area contributed by atoms with E-state index in [0.717, 1.165) is 13.0 Å². The van der Waals surface area contributed by atoms with Crippen LogP contribution in [-0.2, 0) is 4.74 Å². The van der Waals surface area contributed by atoms with Gasteiger partial charge < -0.3 is 10.1 Å². The predicted molar refractivity (Wildman–Crippen MR) is 64.9 cm³/mol. The van der Waals surface area contributed by atoms with Gasteiger partial charge in [-0.25, -0.2) is 0 Å². The van der Waals surface area contributed by atoms with E-state index in [9.17, 15) is 0 Å². The third kappa shape index (κ3) is 3.31. The Balaban J connectivity index is 0.000000980. The maximum absolute atomic E-state index is 5.64. The van der Waals surface area contributed by atoms with E-state index in [1.165, 1.54) is 5.56 Å². The Kier molecular flexibility index (Phi) is 6.85.